The molecule has 1 nitrogen and oxygen atoms in total. The van der Waals surface area contributed by atoms with Crippen molar-refractivity contribution in [3.05, 3.63) is 0 Å². The zero-order valence-electron chi connectivity index (χ0n) is 10.3. The first-order chi connectivity index (χ1) is 6.65. The minimum absolute atomic E-state index is 0.646. The lowest BCUT2D eigenvalue weighted by molar-refractivity contribution is 0.260. The number of nitrogens with one attached hydrogen (secondary N) is 1. The molecule has 0 spiro atoms. The van der Waals surface area contributed by atoms with E-state index in [-0.39, 0.29) is 0 Å². The highest BCUT2D eigenvalue weighted by molar-refractivity contribution is 4.82. The summed E-state index contributed by atoms with van der Waals surface area (Å²) in [7, 11) is 0. The smallest absolute Gasteiger partial charge is 0.00104 e. The Labute approximate surface area is 89.7 Å². The van der Waals surface area contributed by atoms with Crippen LogP contribution in [0.25, 0.3) is 0 Å². The molecule has 0 radical (unpaired) electrons. The SMILES string of the molecule is CCC(C)C1CCCC1CNC(C)C. The van der Waals surface area contributed by atoms with Gasteiger partial charge >= 0.3 is 0 Å². The summed E-state index contributed by atoms with van der Waals surface area (Å²) in [6, 6.07) is 0.646. The molecule has 1 N–H and O–H groups in total. The maximum Gasteiger partial charge on any atom is 0.00104 e. The quantitative estimate of drug-likeness (QED) is 0.712. The van der Waals surface area contributed by atoms with E-state index in [0.29, 0.717) is 6.04 Å². The van der Waals surface area contributed by atoms with Crippen molar-refractivity contribution in [2.45, 2.75) is 59.4 Å². The molecule has 0 aromatic carbocycles. The summed E-state index contributed by atoms with van der Waals surface area (Å²) in [6.07, 6.45) is 5.73. The fourth-order valence-electron chi connectivity index (χ4n) is 2.76. The molecule has 84 valence electrons. The third-order valence-corrected chi connectivity index (χ3v) is 3.88. The van der Waals surface area contributed by atoms with E-state index in [1.54, 1.807) is 0 Å². The van der Waals surface area contributed by atoms with Crippen LogP contribution in [0.15, 0.2) is 0 Å². The first-order valence-corrected chi connectivity index (χ1v) is 6.38. The van der Waals surface area contributed by atoms with Gasteiger partial charge in [0, 0.05) is 6.04 Å². The molecule has 1 aliphatic carbocycles. The van der Waals surface area contributed by atoms with Crippen molar-refractivity contribution in [1.29, 1.82) is 0 Å². The van der Waals surface area contributed by atoms with Crippen LogP contribution >= 0.6 is 0 Å². The zero-order chi connectivity index (χ0) is 10.6. The second kappa shape index (κ2) is 5.75. The van der Waals surface area contributed by atoms with Gasteiger partial charge in [0.15, 0.2) is 0 Å². The Bertz CT molecular complexity index is 153. The molecule has 0 bridgehead atoms. The first kappa shape index (κ1) is 12.0. The molecule has 0 amide bonds. The maximum absolute atomic E-state index is 3.60. The predicted octanol–water partition coefficient (Wildman–Crippen LogP) is 3.45. The van der Waals surface area contributed by atoms with Crippen LogP contribution in [0.1, 0.15) is 53.4 Å². The van der Waals surface area contributed by atoms with E-state index in [1.807, 2.05) is 0 Å². The summed E-state index contributed by atoms with van der Waals surface area (Å²) in [5, 5.41) is 3.60. The Hall–Kier alpha value is -0.0400. The van der Waals surface area contributed by atoms with E-state index >= 15 is 0 Å². The average Bonchev–Trinajstić information content (AvgIpc) is 2.61. The van der Waals surface area contributed by atoms with Crippen LogP contribution in [0.5, 0.6) is 0 Å². The van der Waals surface area contributed by atoms with E-state index in [2.05, 4.69) is 33.0 Å². The highest BCUT2D eigenvalue weighted by Crippen LogP contribution is 2.37. The van der Waals surface area contributed by atoms with Gasteiger partial charge in [-0.05, 0) is 37.1 Å². The molecule has 0 aromatic heterocycles. The summed E-state index contributed by atoms with van der Waals surface area (Å²) in [6.45, 7) is 10.5. The van der Waals surface area contributed by atoms with Gasteiger partial charge in [-0.1, -0.05) is 40.5 Å². The second-order valence-corrected chi connectivity index (χ2v) is 5.30. The third kappa shape index (κ3) is 3.27. The lowest BCUT2D eigenvalue weighted by atomic mass is 9.83. The highest BCUT2D eigenvalue weighted by Gasteiger charge is 2.30. The molecular formula is C13H27N. The van der Waals surface area contributed by atoms with E-state index in [0.717, 1.165) is 17.8 Å². The van der Waals surface area contributed by atoms with Gasteiger partial charge < -0.3 is 5.32 Å². The van der Waals surface area contributed by atoms with Crippen LogP contribution in [-0.2, 0) is 0 Å². The van der Waals surface area contributed by atoms with Gasteiger partial charge in [0.2, 0.25) is 0 Å². The Morgan fingerprint density at radius 3 is 2.50 bits per heavy atom. The Morgan fingerprint density at radius 2 is 1.93 bits per heavy atom. The summed E-state index contributed by atoms with van der Waals surface area (Å²) in [4.78, 5) is 0. The second-order valence-electron chi connectivity index (χ2n) is 5.30. The summed E-state index contributed by atoms with van der Waals surface area (Å²) >= 11 is 0. The standard InChI is InChI=1S/C13H27N/c1-5-11(4)13-8-6-7-12(13)9-14-10(2)3/h10-14H,5-9H2,1-4H3. The Balaban J connectivity index is 2.35. The fourth-order valence-corrected chi connectivity index (χ4v) is 2.76. The minimum atomic E-state index is 0.646. The van der Waals surface area contributed by atoms with Crippen molar-refractivity contribution in [2.75, 3.05) is 6.54 Å². The Kier molecular flexibility index (Phi) is 4.94. The molecule has 1 fully saturated rings. The van der Waals surface area contributed by atoms with Gasteiger partial charge in [0.05, 0.1) is 0 Å². The fraction of sp³-hybridized carbons (Fsp3) is 1.00. The monoisotopic (exact) mass is 197 g/mol. The van der Waals surface area contributed by atoms with Crippen LogP contribution < -0.4 is 5.32 Å². The lowest BCUT2D eigenvalue weighted by Crippen LogP contribution is -2.32. The lowest BCUT2D eigenvalue weighted by Gasteiger charge is -2.26. The zero-order valence-corrected chi connectivity index (χ0v) is 10.3. The molecule has 14 heavy (non-hydrogen) atoms. The number of hydrogen-bond donors (Lipinski definition) is 1. The molecule has 3 atom stereocenters. The summed E-state index contributed by atoms with van der Waals surface area (Å²) in [5.74, 6) is 2.87. The van der Waals surface area contributed by atoms with Crippen LogP contribution in [0.4, 0.5) is 0 Å². The van der Waals surface area contributed by atoms with Crippen molar-refractivity contribution in [2.24, 2.45) is 17.8 Å². The van der Waals surface area contributed by atoms with Gasteiger partial charge in [-0.25, -0.2) is 0 Å². The molecule has 1 heteroatoms. The number of hydrogen-bond acceptors (Lipinski definition) is 1. The molecule has 3 unspecified atom stereocenters. The molecule has 0 saturated heterocycles. The van der Waals surface area contributed by atoms with Crippen LogP contribution in [-0.4, -0.2) is 12.6 Å². The Morgan fingerprint density at radius 1 is 1.21 bits per heavy atom. The average molecular weight is 197 g/mol. The van der Waals surface area contributed by atoms with Gasteiger partial charge in [-0.3, -0.25) is 0 Å². The molecular weight excluding hydrogens is 170 g/mol. The maximum atomic E-state index is 3.60. The van der Waals surface area contributed by atoms with Crippen molar-refractivity contribution in [1.82, 2.24) is 5.32 Å². The molecule has 1 aliphatic rings. The van der Waals surface area contributed by atoms with Crippen LogP contribution in [0.3, 0.4) is 0 Å². The van der Waals surface area contributed by atoms with Gasteiger partial charge in [0.25, 0.3) is 0 Å². The normalized spacial score (nSPS) is 29.8. The van der Waals surface area contributed by atoms with Crippen molar-refractivity contribution >= 4 is 0 Å². The van der Waals surface area contributed by atoms with Crippen molar-refractivity contribution < 1.29 is 0 Å². The van der Waals surface area contributed by atoms with E-state index < -0.39 is 0 Å². The number of rotatable bonds is 5. The van der Waals surface area contributed by atoms with Crippen LogP contribution in [0.2, 0.25) is 0 Å². The summed E-state index contributed by atoms with van der Waals surface area (Å²) in [5.41, 5.74) is 0. The van der Waals surface area contributed by atoms with E-state index in [1.165, 1.54) is 32.2 Å². The molecule has 1 saturated carbocycles. The molecule has 1 rings (SSSR count). The minimum Gasteiger partial charge on any atom is -0.314 e. The van der Waals surface area contributed by atoms with Gasteiger partial charge in [0.1, 0.15) is 0 Å². The molecule has 0 aromatic rings. The van der Waals surface area contributed by atoms with Gasteiger partial charge in [-0.2, -0.15) is 0 Å². The first-order valence-electron chi connectivity index (χ1n) is 6.38. The third-order valence-electron chi connectivity index (χ3n) is 3.88. The van der Waals surface area contributed by atoms with Crippen molar-refractivity contribution in [3.8, 4) is 0 Å². The molecule has 0 heterocycles. The van der Waals surface area contributed by atoms with Gasteiger partial charge in [-0.15, -0.1) is 0 Å². The largest absolute Gasteiger partial charge is 0.314 e. The molecule has 0 aliphatic heterocycles. The van der Waals surface area contributed by atoms with Crippen LogP contribution in [0, 0.1) is 17.8 Å². The topological polar surface area (TPSA) is 12.0 Å². The predicted molar refractivity (Wildman–Crippen MR) is 63.4 cm³/mol. The highest BCUT2D eigenvalue weighted by atomic mass is 14.9. The summed E-state index contributed by atoms with van der Waals surface area (Å²) < 4.78 is 0. The van der Waals surface area contributed by atoms with Crippen molar-refractivity contribution in [3.63, 3.8) is 0 Å². The van der Waals surface area contributed by atoms with E-state index in [9.17, 15) is 0 Å². The van der Waals surface area contributed by atoms with E-state index in [4.69, 9.17) is 0 Å².